The standard InChI is InChI=1S/C22H29N3O2/c1-27-18-7-4-6-17(13-18)22(26)25-11-9-15(10-12-25)21-19(23)14-16-5-2-3-8-20(16)24-21/h2-3,5,8,14-15,17-18H,4,6-7,9-13,23H2,1H3. The fourth-order valence-electron chi connectivity index (χ4n) is 4.69. The second-order valence-electron chi connectivity index (χ2n) is 7.98. The summed E-state index contributed by atoms with van der Waals surface area (Å²) in [7, 11) is 1.75. The first-order chi connectivity index (χ1) is 13.2. The molecule has 2 aliphatic rings. The quantitative estimate of drug-likeness (QED) is 0.897. The van der Waals surface area contributed by atoms with E-state index in [1.807, 2.05) is 30.3 Å². The summed E-state index contributed by atoms with van der Waals surface area (Å²) in [6, 6.07) is 10.1. The molecule has 27 heavy (non-hydrogen) atoms. The molecule has 1 aliphatic carbocycles. The molecular weight excluding hydrogens is 338 g/mol. The Bertz CT molecular complexity index is 814. The average molecular weight is 367 g/mol. The van der Waals surface area contributed by atoms with Gasteiger partial charge in [0.1, 0.15) is 0 Å². The second-order valence-corrected chi connectivity index (χ2v) is 7.98. The van der Waals surface area contributed by atoms with Crippen LogP contribution in [-0.2, 0) is 9.53 Å². The van der Waals surface area contributed by atoms with Crippen LogP contribution in [0.25, 0.3) is 10.9 Å². The number of methoxy groups -OCH3 is 1. The van der Waals surface area contributed by atoms with Gasteiger partial charge in [-0.15, -0.1) is 0 Å². The van der Waals surface area contributed by atoms with Gasteiger partial charge >= 0.3 is 0 Å². The largest absolute Gasteiger partial charge is 0.397 e. The fourth-order valence-corrected chi connectivity index (χ4v) is 4.69. The van der Waals surface area contributed by atoms with Gasteiger partial charge in [-0.25, -0.2) is 0 Å². The monoisotopic (exact) mass is 367 g/mol. The Balaban J connectivity index is 1.41. The summed E-state index contributed by atoms with van der Waals surface area (Å²) >= 11 is 0. The predicted molar refractivity (Wildman–Crippen MR) is 107 cm³/mol. The van der Waals surface area contributed by atoms with E-state index in [1.165, 1.54) is 0 Å². The molecule has 1 aromatic carbocycles. The third kappa shape index (κ3) is 3.79. The van der Waals surface area contributed by atoms with E-state index in [0.717, 1.165) is 73.9 Å². The van der Waals surface area contributed by atoms with Gasteiger partial charge in [0.05, 0.1) is 23.0 Å². The van der Waals surface area contributed by atoms with Crippen LogP contribution in [0.15, 0.2) is 30.3 Å². The lowest BCUT2D eigenvalue weighted by Crippen LogP contribution is -2.43. The Hall–Kier alpha value is -2.14. The smallest absolute Gasteiger partial charge is 0.225 e. The summed E-state index contributed by atoms with van der Waals surface area (Å²) in [5.41, 5.74) is 9.07. The molecule has 5 nitrogen and oxygen atoms in total. The van der Waals surface area contributed by atoms with Crippen LogP contribution in [0, 0.1) is 5.92 Å². The van der Waals surface area contributed by atoms with Crippen molar-refractivity contribution in [2.24, 2.45) is 5.92 Å². The molecule has 1 saturated carbocycles. The van der Waals surface area contributed by atoms with Crippen LogP contribution in [0.2, 0.25) is 0 Å². The van der Waals surface area contributed by atoms with E-state index >= 15 is 0 Å². The number of rotatable bonds is 3. The van der Waals surface area contributed by atoms with E-state index in [-0.39, 0.29) is 12.0 Å². The summed E-state index contributed by atoms with van der Waals surface area (Å²) < 4.78 is 5.49. The topological polar surface area (TPSA) is 68.5 Å². The van der Waals surface area contributed by atoms with Crippen LogP contribution < -0.4 is 5.73 Å². The minimum atomic E-state index is 0.129. The van der Waals surface area contributed by atoms with Crippen molar-refractivity contribution < 1.29 is 9.53 Å². The van der Waals surface area contributed by atoms with Crippen molar-refractivity contribution in [1.82, 2.24) is 9.88 Å². The molecule has 144 valence electrons. The number of amides is 1. The Morgan fingerprint density at radius 1 is 1.19 bits per heavy atom. The molecule has 1 aliphatic heterocycles. The summed E-state index contributed by atoms with van der Waals surface area (Å²) in [6.07, 6.45) is 6.14. The van der Waals surface area contributed by atoms with Gasteiger partial charge in [0, 0.05) is 37.4 Å². The van der Waals surface area contributed by atoms with E-state index in [9.17, 15) is 4.79 Å². The average Bonchev–Trinajstić information content (AvgIpc) is 2.73. The predicted octanol–water partition coefficient (Wildman–Crippen LogP) is 3.73. The fraction of sp³-hybridized carbons (Fsp3) is 0.545. The van der Waals surface area contributed by atoms with Gasteiger partial charge in [0.25, 0.3) is 0 Å². The van der Waals surface area contributed by atoms with Crippen molar-refractivity contribution in [3.63, 3.8) is 0 Å². The lowest BCUT2D eigenvalue weighted by atomic mass is 9.85. The van der Waals surface area contributed by atoms with Gasteiger partial charge < -0.3 is 15.4 Å². The van der Waals surface area contributed by atoms with Gasteiger partial charge in [0.2, 0.25) is 5.91 Å². The molecule has 2 heterocycles. The third-order valence-corrected chi connectivity index (χ3v) is 6.29. The van der Waals surface area contributed by atoms with Crippen molar-refractivity contribution in [3.05, 3.63) is 36.0 Å². The molecule has 2 unspecified atom stereocenters. The number of ether oxygens (including phenoxy) is 1. The van der Waals surface area contributed by atoms with E-state index in [0.29, 0.717) is 11.8 Å². The van der Waals surface area contributed by atoms with Crippen LogP contribution >= 0.6 is 0 Å². The minimum absolute atomic E-state index is 0.129. The molecule has 1 aromatic heterocycles. The second kappa shape index (κ2) is 7.85. The molecule has 0 bridgehead atoms. The number of carbonyl (C=O) groups is 1. The zero-order valence-electron chi connectivity index (χ0n) is 16.1. The number of anilines is 1. The molecule has 1 saturated heterocycles. The number of nitrogen functional groups attached to an aromatic ring is 1. The summed E-state index contributed by atoms with van der Waals surface area (Å²) in [5.74, 6) is 0.774. The number of para-hydroxylation sites is 1. The first kappa shape index (κ1) is 18.2. The Labute approximate surface area is 160 Å². The maximum absolute atomic E-state index is 12.9. The van der Waals surface area contributed by atoms with E-state index < -0.39 is 0 Å². The Kier molecular flexibility index (Phi) is 5.30. The molecule has 2 fully saturated rings. The van der Waals surface area contributed by atoms with Crippen LogP contribution in [-0.4, -0.2) is 42.1 Å². The summed E-state index contributed by atoms with van der Waals surface area (Å²) in [4.78, 5) is 19.8. The molecule has 0 spiro atoms. The molecule has 2 aromatic rings. The number of likely N-dealkylation sites (tertiary alicyclic amines) is 1. The SMILES string of the molecule is COC1CCCC(C(=O)N2CCC(c3nc4ccccc4cc3N)CC2)C1. The normalized spacial score (nSPS) is 24.3. The third-order valence-electron chi connectivity index (χ3n) is 6.29. The van der Waals surface area contributed by atoms with Crippen LogP contribution in [0.3, 0.4) is 0 Å². The number of benzene rings is 1. The molecule has 4 rings (SSSR count). The number of fused-ring (bicyclic) bond motifs is 1. The van der Waals surface area contributed by atoms with Crippen molar-refractivity contribution in [1.29, 1.82) is 0 Å². The van der Waals surface area contributed by atoms with Crippen LogP contribution in [0.5, 0.6) is 0 Å². The van der Waals surface area contributed by atoms with E-state index in [1.54, 1.807) is 7.11 Å². The lowest BCUT2D eigenvalue weighted by molar-refractivity contribution is -0.139. The molecule has 5 heteroatoms. The van der Waals surface area contributed by atoms with Crippen LogP contribution in [0.1, 0.15) is 50.1 Å². The first-order valence-electron chi connectivity index (χ1n) is 10.1. The van der Waals surface area contributed by atoms with Gasteiger partial charge in [-0.05, 0) is 44.2 Å². The Morgan fingerprint density at radius 2 is 1.96 bits per heavy atom. The maximum atomic E-state index is 12.9. The molecule has 2 atom stereocenters. The van der Waals surface area contributed by atoms with E-state index in [2.05, 4.69) is 4.90 Å². The van der Waals surface area contributed by atoms with Crippen molar-refractivity contribution >= 4 is 22.5 Å². The molecular formula is C22H29N3O2. The zero-order chi connectivity index (χ0) is 18.8. The first-order valence-corrected chi connectivity index (χ1v) is 10.1. The number of nitrogens with two attached hydrogens (primary N) is 1. The van der Waals surface area contributed by atoms with E-state index in [4.69, 9.17) is 15.5 Å². The highest BCUT2D eigenvalue weighted by molar-refractivity contribution is 5.82. The van der Waals surface area contributed by atoms with Gasteiger partial charge in [0.15, 0.2) is 0 Å². The van der Waals surface area contributed by atoms with Gasteiger partial charge in [-0.3, -0.25) is 9.78 Å². The highest BCUT2D eigenvalue weighted by Crippen LogP contribution is 2.34. The number of carbonyl (C=O) groups excluding carboxylic acids is 1. The highest BCUT2D eigenvalue weighted by Gasteiger charge is 2.33. The van der Waals surface area contributed by atoms with Gasteiger partial charge in [-0.2, -0.15) is 0 Å². The minimum Gasteiger partial charge on any atom is -0.397 e. The van der Waals surface area contributed by atoms with Crippen molar-refractivity contribution in [3.8, 4) is 0 Å². The number of piperidine rings is 1. The molecule has 0 radical (unpaired) electrons. The van der Waals surface area contributed by atoms with Gasteiger partial charge in [-0.1, -0.05) is 24.6 Å². The number of nitrogens with zero attached hydrogens (tertiary/aromatic N) is 2. The van der Waals surface area contributed by atoms with Crippen molar-refractivity contribution in [2.75, 3.05) is 25.9 Å². The number of pyridine rings is 1. The zero-order valence-corrected chi connectivity index (χ0v) is 16.1. The van der Waals surface area contributed by atoms with Crippen molar-refractivity contribution in [2.45, 2.75) is 50.5 Å². The summed E-state index contributed by atoms with van der Waals surface area (Å²) in [5, 5.41) is 1.08. The molecule has 2 N–H and O–H groups in total. The number of hydrogen-bond donors (Lipinski definition) is 1. The number of aromatic nitrogens is 1. The molecule has 1 amide bonds. The summed E-state index contributed by atoms with van der Waals surface area (Å²) in [6.45, 7) is 1.59. The maximum Gasteiger partial charge on any atom is 0.225 e. The highest BCUT2D eigenvalue weighted by atomic mass is 16.5. The van der Waals surface area contributed by atoms with Crippen LogP contribution in [0.4, 0.5) is 5.69 Å². The lowest BCUT2D eigenvalue weighted by Gasteiger charge is -2.36. The number of hydrogen-bond acceptors (Lipinski definition) is 4. The Morgan fingerprint density at radius 3 is 2.74 bits per heavy atom.